The highest BCUT2D eigenvalue weighted by Gasteiger charge is 2.11. The molecular formula is C71H60Br2N2O16. The van der Waals surface area contributed by atoms with Crippen LogP contribution >= 0.6 is 31.9 Å². The van der Waals surface area contributed by atoms with E-state index in [0.717, 1.165) is 57.7 Å². The Labute approximate surface area is 540 Å². The second kappa shape index (κ2) is 44.6. The maximum atomic E-state index is 11.2. The summed E-state index contributed by atoms with van der Waals surface area (Å²) < 4.78 is 0.322. The Hall–Kier alpha value is -11.9. The van der Waals surface area contributed by atoms with E-state index in [4.69, 9.17) is 36.4 Å². The molecule has 0 amide bonds. The van der Waals surface area contributed by atoms with Gasteiger partial charge in [-0.2, -0.15) is 0 Å². The zero-order valence-electron chi connectivity index (χ0n) is 48.0. The van der Waals surface area contributed by atoms with Crippen LogP contribution < -0.4 is 5.73 Å². The summed E-state index contributed by atoms with van der Waals surface area (Å²) in [7, 11) is 0. The van der Waals surface area contributed by atoms with E-state index in [-0.39, 0.29) is 20.2 Å². The predicted molar refractivity (Wildman–Crippen MR) is 363 cm³/mol. The van der Waals surface area contributed by atoms with Crippen molar-refractivity contribution in [3.63, 3.8) is 0 Å². The zero-order chi connectivity index (χ0) is 67.2. The van der Waals surface area contributed by atoms with E-state index >= 15 is 0 Å². The van der Waals surface area contributed by atoms with E-state index in [2.05, 4.69) is 31.9 Å². The Morgan fingerprint density at radius 3 is 1.03 bits per heavy atom. The van der Waals surface area contributed by atoms with Gasteiger partial charge in [0.1, 0.15) is 8.96 Å². The number of carboxylic acid groups (broad SMARTS) is 7. The Kier molecular flexibility index (Phi) is 36.8. The van der Waals surface area contributed by atoms with Gasteiger partial charge in [0.25, 0.3) is 5.69 Å². The van der Waals surface area contributed by atoms with Crippen molar-refractivity contribution < 1.29 is 74.2 Å². The highest BCUT2D eigenvalue weighted by molar-refractivity contribution is 9.12. The number of para-hydroxylation sites is 1. The maximum absolute atomic E-state index is 11.2. The summed E-state index contributed by atoms with van der Waals surface area (Å²) in [6, 6.07) is 69.0. The summed E-state index contributed by atoms with van der Waals surface area (Å²) in [6.45, 7) is 0. The molecule has 0 bridgehead atoms. The molecule has 9 N–H and O–H groups in total. The van der Waals surface area contributed by atoms with Gasteiger partial charge in [0.2, 0.25) is 0 Å². The van der Waals surface area contributed by atoms with E-state index in [1.807, 2.05) is 176 Å². The number of benzene rings is 8. The molecule has 20 heteroatoms. The summed E-state index contributed by atoms with van der Waals surface area (Å²) in [6.07, 6.45) is 18.3. The molecule has 0 saturated heterocycles. The van der Waals surface area contributed by atoms with Gasteiger partial charge in [-0.1, -0.05) is 224 Å². The number of carboxylic acids is 7. The number of nitrogen functional groups attached to an aromatic ring is 1. The van der Waals surface area contributed by atoms with Crippen molar-refractivity contribution in [3.05, 3.63) is 331 Å². The minimum atomic E-state index is -1.14. The molecule has 91 heavy (non-hydrogen) atoms. The number of aliphatic carboxylic acids is 7. The van der Waals surface area contributed by atoms with Crippen LogP contribution in [0.15, 0.2) is 276 Å². The van der Waals surface area contributed by atoms with Crippen molar-refractivity contribution in [1.82, 2.24) is 0 Å². The summed E-state index contributed by atoms with van der Waals surface area (Å²) in [5, 5.41) is 70.0. The highest BCUT2D eigenvalue weighted by atomic mass is 79.9. The molecule has 0 saturated carbocycles. The number of carbonyl (C=O) groups is 7. The third-order valence-corrected chi connectivity index (χ3v) is 11.7. The normalized spacial score (nSPS) is 10.8. The first kappa shape index (κ1) is 75.2. The monoisotopic (exact) mass is 1350 g/mol. The van der Waals surface area contributed by atoms with Gasteiger partial charge in [0, 0.05) is 36.1 Å². The predicted octanol–water partition coefficient (Wildman–Crippen LogP) is 15.5. The number of nitro benzene ring substituents is 1. The quantitative estimate of drug-likeness (QED) is 0.0105. The number of rotatable bonds is 17. The number of allylic oxidation sites excluding steroid dienone is 2. The minimum Gasteiger partial charge on any atom is -0.478 e. The standard InChI is InChI=1S/C15H12O2.C11H10O2.2C9H7BrO2.C9H7NO4.C9H9NO2.C9H8O2/c16-15(17)14(13-9-5-2-6-10-13)11-12-7-3-1-4-8-12;12-11(13)9-5-4-8-10-6-2-1-3-7-10;2*10-8(9(11)12)6-7-4-2-1-3-5-7;11-9(12)6-5-7-3-1-2-4-8(7)10(13)14;10-8-4-1-7(2-5-8)3-6-9(11)12;10-9(11)7-6-8-4-2-1-3-5-8/h1-11H,(H,16,17);1-9H,(H,12,13);2*1-6H,(H,11,12);1-6H,(H,11,12);1-6H,10H2,(H,11,12);1-7H,(H,10,11)/b14-11+;8-4+,9-5+;8-6+;8-6-;6-5+;6-3+;7-6+. The fourth-order valence-electron chi connectivity index (χ4n) is 6.45. The number of hydrogen-bond acceptors (Lipinski definition) is 10. The van der Waals surface area contributed by atoms with Crippen LogP contribution in [-0.4, -0.2) is 82.5 Å². The molecule has 8 rings (SSSR count). The van der Waals surface area contributed by atoms with Gasteiger partial charge in [0.15, 0.2) is 0 Å². The lowest BCUT2D eigenvalue weighted by molar-refractivity contribution is -0.385. The van der Waals surface area contributed by atoms with Crippen molar-refractivity contribution >= 4 is 133 Å². The number of nitrogens with two attached hydrogens (primary N) is 1. The number of nitrogens with zero attached hydrogens (tertiary/aromatic N) is 1. The molecule has 18 nitrogen and oxygen atoms in total. The van der Waals surface area contributed by atoms with Gasteiger partial charge < -0.3 is 41.5 Å². The number of nitro groups is 1. The molecule has 8 aromatic carbocycles. The van der Waals surface area contributed by atoms with Crippen LogP contribution in [0.4, 0.5) is 11.4 Å². The van der Waals surface area contributed by atoms with E-state index in [1.54, 1.807) is 72.8 Å². The second-order valence-corrected chi connectivity index (χ2v) is 19.1. The van der Waals surface area contributed by atoms with E-state index < -0.39 is 46.7 Å². The maximum Gasteiger partial charge on any atom is 0.342 e. The topological polar surface area (TPSA) is 330 Å². The van der Waals surface area contributed by atoms with Crippen LogP contribution in [-0.2, 0) is 33.6 Å². The summed E-state index contributed by atoms with van der Waals surface area (Å²) in [5.74, 6) is -6.78. The zero-order valence-corrected chi connectivity index (χ0v) is 51.2. The molecule has 0 aliphatic rings. The first-order valence-electron chi connectivity index (χ1n) is 26.4. The Morgan fingerprint density at radius 1 is 0.352 bits per heavy atom. The van der Waals surface area contributed by atoms with Crippen molar-refractivity contribution in [3.8, 4) is 0 Å². The molecule has 0 fully saturated rings. The molecule has 464 valence electrons. The van der Waals surface area contributed by atoms with Crippen LogP contribution in [0.2, 0.25) is 0 Å². The fraction of sp³-hybridized carbons (Fsp3) is 0. The molecule has 0 aliphatic carbocycles. The van der Waals surface area contributed by atoms with Crippen molar-refractivity contribution in [2.45, 2.75) is 0 Å². The first-order valence-corrected chi connectivity index (χ1v) is 28.0. The average molecular weight is 1360 g/mol. The van der Waals surface area contributed by atoms with Crippen molar-refractivity contribution in [2.24, 2.45) is 0 Å². The van der Waals surface area contributed by atoms with Gasteiger partial charge in [0.05, 0.1) is 16.1 Å². The Morgan fingerprint density at radius 2 is 0.670 bits per heavy atom. The first-order chi connectivity index (χ1) is 43.5. The van der Waals surface area contributed by atoms with E-state index in [0.29, 0.717) is 16.8 Å². The summed E-state index contributed by atoms with van der Waals surface area (Å²) >= 11 is 5.88. The number of halogens is 2. The minimum absolute atomic E-state index is 0.106. The highest BCUT2D eigenvalue weighted by Crippen LogP contribution is 2.20. The molecule has 0 aliphatic heterocycles. The van der Waals surface area contributed by atoms with Gasteiger partial charge in [-0.3, -0.25) is 10.1 Å². The number of hydrogen-bond donors (Lipinski definition) is 8. The SMILES string of the molecule is Nc1ccc(/C=C/C(=O)O)cc1.O=C(O)/C(=C/c1ccccc1)c1ccccc1.O=C(O)/C(Br)=C/c1ccccc1.O=C(O)/C(Br)=C\c1ccccc1.O=C(O)/C=C/C=C/c1ccccc1.O=C(O)/C=C/c1ccccc1.O=C(O)/C=C/c1ccccc1[N+](=O)[O-]. The van der Waals surface area contributed by atoms with Crippen LogP contribution in [0.25, 0.3) is 48.1 Å². The van der Waals surface area contributed by atoms with Gasteiger partial charge in [-0.05, 0) is 125 Å². The molecular weight excluding hydrogens is 1300 g/mol. The second-order valence-electron chi connectivity index (χ2n) is 17.4. The molecule has 0 heterocycles. The summed E-state index contributed by atoms with van der Waals surface area (Å²) in [4.78, 5) is 82.5. The third kappa shape index (κ3) is 36.7. The van der Waals surface area contributed by atoms with Crippen LogP contribution in [0.3, 0.4) is 0 Å². The molecule has 8 aromatic rings. The van der Waals surface area contributed by atoms with Gasteiger partial charge in [-0.15, -0.1) is 0 Å². The fourth-order valence-corrected chi connectivity index (χ4v) is 6.98. The van der Waals surface area contributed by atoms with Gasteiger partial charge >= 0.3 is 41.8 Å². The molecule has 0 spiro atoms. The van der Waals surface area contributed by atoms with Crippen LogP contribution in [0.5, 0.6) is 0 Å². The average Bonchev–Trinajstić information content (AvgIpc) is 2.38. The third-order valence-electron chi connectivity index (χ3n) is 10.6. The lowest BCUT2D eigenvalue weighted by Crippen LogP contribution is -1.99. The molecule has 0 unspecified atom stereocenters. The lowest BCUT2D eigenvalue weighted by Gasteiger charge is -2.02. The molecule has 0 aromatic heterocycles. The number of anilines is 1. The van der Waals surface area contributed by atoms with Crippen molar-refractivity contribution in [2.75, 3.05) is 5.73 Å². The Bertz CT molecular complexity index is 3770. The summed E-state index contributed by atoms with van der Waals surface area (Å²) in [5.41, 5.74) is 12.7. The van der Waals surface area contributed by atoms with Crippen LogP contribution in [0, 0.1) is 10.1 Å². The molecule has 0 atom stereocenters. The smallest absolute Gasteiger partial charge is 0.342 e. The van der Waals surface area contributed by atoms with E-state index in [9.17, 15) is 48.8 Å². The lowest BCUT2D eigenvalue weighted by atomic mass is 10.0. The molecule has 0 radical (unpaired) electrons. The Balaban J connectivity index is 0.000000363. The van der Waals surface area contributed by atoms with Gasteiger partial charge in [-0.25, -0.2) is 33.6 Å². The van der Waals surface area contributed by atoms with E-state index in [1.165, 1.54) is 36.4 Å². The largest absolute Gasteiger partial charge is 0.478 e. The van der Waals surface area contributed by atoms with Crippen molar-refractivity contribution in [1.29, 1.82) is 0 Å². The van der Waals surface area contributed by atoms with Crippen LogP contribution in [0.1, 0.15) is 44.5 Å².